The third-order valence-corrected chi connectivity index (χ3v) is 2.96. The van der Waals surface area contributed by atoms with E-state index in [1.807, 2.05) is 30.3 Å². The Balaban J connectivity index is 2.27. The van der Waals surface area contributed by atoms with Gasteiger partial charge in [0.05, 0.1) is 0 Å². The number of rotatable bonds is 4. The Morgan fingerprint density at radius 3 is 3.00 bits per heavy atom. The highest BCUT2D eigenvalue weighted by Crippen LogP contribution is 2.36. The standard InChI is InChI=1S/C13H15NO2/c1-2-3-8-14-9-11(13(15)16)10-6-4-5-7-12(10)14/h2,4-7,11H,1,3,8-9H2,(H,15,16). The van der Waals surface area contributed by atoms with Crippen LogP contribution in [0.5, 0.6) is 0 Å². The van der Waals surface area contributed by atoms with Crippen molar-refractivity contribution in [1.82, 2.24) is 0 Å². The van der Waals surface area contributed by atoms with Gasteiger partial charge in [0.15, 0.2) is 0 Å². The lowest BCUT2D eigenvalue weighted by Gasteiger charge is -2.18. The van der Waals surface area contributed by atoms with Gasteiger partial charge in [0, 0.05) is 18.8 Å². The molecule has 0 fully saturated rings. The van der Waals surface area contributed by atoms with Gasteiger partial charge >= 0.3 is 5.97 Å². The van der Waals surface area contributed by atoms with Crippen LogP contribution in [0.25, 0.3) is 0 Å². The van der Waals surface area contributed by atoms with Crippen molar-refractivity contribution in [2.75, 3.05) is 18.0 Å². The summed E-state index contributed by atoms with van der Waals surface area (Å²) >= 11 is 0. The molecule has 3 nitrogen and oxygen atoms in total. The minimum Gasteiger partial charge on any atom is -0.481 e. The number of carboxylic acids is 1. The largest absolute Gasteiger partial charge is 0.481 e. The highest BCUT2D eigenvalue weighted by Gasteiger charge is 2.32. The Hall–Kier alpha value is -1.77. The summed E-state index contributed by atoms with van der Waals surface area (Å²) in [6.45, 7) is 5.10. The lowest BCUT2D eigenvalue weighted by molar-refractivity contribution is -0.138. The van der Waals surface area contributed by atoms with Crippen LogP contribution >= 0.6 is 0 Å². The Morgan fingerprint density at radius 2 is 2.31 bits per heavy atom. The van der Waals surface area contributed by atoms with Crippen molar-refractivity contribution >= 4 is 11.7 Å². The zero-order valence-electron chi connectivity index (χ0n) is 9.10. The summed E-state index contributed by atoms with van der Waals surface area (Å²) in [5.74, 6) is -1.13. The van der Waals surface area contributed by atoms with Crippen LogP contribution in [0, 0.1) is 0 Å². The maximum atomic E-state index is 11.1. The normalized spacial score (nSPS) is 18.2. The molecule has 16 heavy (non-hydrogen) atoms. The first-order valence-electron chi connectivity index (χ1n) is 5.41. The topological polar surface area (TPSA) is 40.5 Å². The summed E-state index contributed by atoms with van der Waals surface area (Å²) in [5.41, 5.74) is 1.98. The van der Waals surface area contributed by atoms with Crippen LogP contribution in [0.15, 0.2) is 36.9 Å². The van der Waals surface area contributed by atoms with Crippen molar-refractivity contribution in [1.29, 1.82) is 0 Å². The average Bonchev–Trinajstić information content (AvgIpc) is 2.65. The molecule has 1 N–H and O–H groups in total. The van der Waals surface area contributed by atoms with Gasteiger partial charge in [-0.1, -0.05) is 24.3 Å². The van der Waals surface area contributed by atoms with Gasteiger partial charge in [-0.15, -0.1) is 6.58 Å². The minimum atomic E-state index is -0.742. The van der Waals surface area contributed by atoms with E-state index in [-0.39, 0.29) is 5.92 Å². The molecule has 0 saturated heterocycles. The maximum Gasteiger partial charge on any atom is 0.312 e. The fraction of sp³-hybridized carbons (Fsp3) is 0.308. The summed E-state index contributed by atoms with van der Waals surface area (Å²) in [4.78, 5) is 13.3. The molecular weight excluding hydrogens is 202 g/mol. The van der Waals surface area contributed by atoms with Crippen LogP contribution in [0.4, 0.5) is 5.69 Å². The maximum absolute atomic E-state index is 11.1. The SMILES string of the molecule is C=CCCN1CC(C(=O)O)c2ccccc21. The van der Waals surface area contributed by atoms with E-state index in [2.05, 4.69) is 11.5 Å². The second-order valence-corrected chi connectivity index (χ2v) is 3.97. The minimum absolute atomic E-state index is 0.388. The molecule has 0 amide bonds. The third-order valence-electron chi connectivity index (χ3n) is 2.96. The van der Waals surface area contributed by atoms with E-state index in [1.165, 1.54) is 0 Å². The van der Waals surface area contributed by atoms with Crippen LogP contribution in [0.3, 0.4) is 0 Å². The van der Waals surface area contributed by atoms with E-state index >= 15 is 0 Å². The van der Waals surface area contributed by atoms with Gasteiger partial charge in [0.25, 0.3) is 0 Å². The predicted octanol–water partition coefficient (Wildman–Crippen LogP) is 2.25. The highest BCUT2D eigenvalue weighted by atomic mass is 16.4. The smallest absolute Gasteiger partial charge is 0.312 e. The number of benzene rings is 1. The molecule has 1 aliphatic heterocycles. The molecule has 3 heteroatoms. The fourth-order valence-electron chi connectivity index (χ4n) is 2.16. The van der Waals surface area contributed by atoms with Crippen LogP contribution < -0.4 is 4.90 Å². The first-order valence-corrected chi connectivity index (χ1v) is 5.41. The van der Waals surface area contributed by atoms with Crippen molar-refractivity contribution < 1.29 is 9.90 Å². The van der Waals surface area contributed by atoms with Gasteiger partial charge in [0.1, 0.15) is 5.92 Å². The first kappa shape index (κ1) is 10.7. The van der Waals surface area contributed by atoms with Gasteiger partial charge in [-0.05, 0) is 18.1 Å². The summed E-state index contributed by atoms with van der Waals surface area (Å²) in [6.07, 6.45) is 2.73. The number of aliphatic carboxylic acids is 1. The predicted molar refractivity (Wildman–Crippen MR) is 63.8 cm³/mol. The molecule has 1 aliphatic rings. The number of nitrogens with zero attached hydrogens (tertiary/aromatic N) is 1. The number of fused-ring (bicyclic) bond motifs is 1. The second kappa shape index (κ2) is 4.39. The Bertz CT molecular complexity index is 414. The zero-order chi connectivity index (χ0) is 11.5. The van der Waals surface area contributed by atoms with E-state index in [0.717, 1.165) is 24.2 Å². The summed E-state index contributed by atoms with van der Waals surface area (Å²) in [7, 11) is 0. The van der Waals surface area contributed by atoms with Crippen molar-refractivity contribution in [3.8, 4) is 0 Å². The van der Waals surface area contributed by atoms with Crippen molar-refractivity contribution in [2.24, 2.45) is 0 Å². The molecule has 0 aromatic heterocycles. The molecule has 0 aliphatic carbocycles. The molecule has 84 valence electrons. The quantitative estimate of drug-likeness (QED) is 0.786. The summed E-state index contributed by atoms with van der Waals surface area (Å²) in [6, 6.07) is 7.74. The average molecular weight is 217 g/mol. The van der Waals surface area contributed by atoms with Gasteiger partial charge in [-0.2, -0.15) is 0 Å². The summed E-state index contributed by atoms with van der Waals surface area (Å²) in [5, 5.41) is 9.16. The van der Waals surface area contributed by atoms with Crippen molar-refractivity contribution in [2.45, 2.75) is 12.3 Å². The van der Waals surface area contributed by atoms with Crippen LogP contribution in [-0.2, 0) is 4.79 Å². The molecule has 1 heterocycles. The second-order valence-electron chi connectivity index (χ2n) is 3.97. The molecule has 0 radical (unpaired) electrons. The third kappa shape index (κ3) is 1.81. The number of carboxylic acid groups (broad SMARTS) is 1. The number of hydrogen-bond acceptors (Lipinski definition) is 2. The molecule has 1 aromatic carbocycles. The molecule has 0 saturated carbocycles. The molecule has 2 rings (SSSR count). The lowest BCUT2D eigenvalue weighted by atomic mass is 10.0. The van der Waals surface area contributed by atoms with Crippen molar-refractivity contribution in [3.05, 3.63) is 42.5 Å². The molecule has 0 spiro atoms. The van der Waals surface area contributed by atoms with E-state index in [9.17, 15) is 4.79 Å². The Kier molecular flexibility index (Phi) is 2.95. The highest BCUT2D eigenvalue weighted by molar-refractivity contribution is 5.82. The van der Waals surface area contributed by atoms with Crippen molar-refractivity contribution in [3.63, 3.8) is 0 Å². The van der Waals surface area contributed by atoms with Gasteiger partial charge in [-0.25, -0.2) is 0 Å². The Morgan fingerprint density at radius 1 is 1.56 bits per heavy atom. The number of para-hydroxylation sites is 1. The van der Waals surface area contributed by atoms with Gasteiger partial charge < -0.3 is 10.0 Å². The zero-order valence-corrected chi connectivity index (χ0v) is 9.10. The monoisotopic (exact) mass is 217 g/mol. The first-order chi connectivity index (χ1) is 7.74. The van der Waals surface area contributed by atoms with Gasteiger partial charge in [0.2, 0.25) is 0 Å². The summed E-state index contributed by atoms with van der Waals surface area (Å²) < 4.78 is 0. The van der Waals surface area contributed by atoms with E-state index < -0.39 is 5.97 Å². The van der Waals surface area contributed by atoms with E-state index in [4.69, 9.17) is 5.11 Å². The Labute approximate surface area is 95.0 Å². The van der Waals surface area contributed by atoms with Crippen LogP contribution in [0.2, 0.25) is 0 Å². The molecule has 1 aromatic rings. The molecule has 1 unspecified atom stereocenters. The van der Waals surface area contributed by atoms with Crippen LogP contribution in [-0.4, -0.2) is 24.2 Å². The van der Waals surface area contributed by atoms with Gasteiger partial charge in [-0.3, -0.25) is 4.79 Å². The molecule has 1 atom stereocenters. The number of hydrogen-bond donors (Lipinski definition) is 1. The fourth-order valence-corrected chi connectivity index (χ4v) is 2.16. The molecule has 0 bridgehead atoms. The van der Waals surface area contributed by atoms with Crippen LogP contribution in [0.1, 0.15) is 17.9 Å². The number of anilines is 1. The lowest BCUT2D eigenvalue weighted by Crippen LogP contribution is -2.25. The van der Waals surface area contributed by atoms with E-state index in [1.54, 1.807) is 0 Å². The number of carbonyl (C=O) groups is 1. The van der Waals surface area contributed by atoms with E-state index in [0.29, 0.717) is 6.54 Å². The molecular formula is C13H15NO2.